The molecule has 0 aliphatic rings. The number of halogens is 1. The molecule has 0 saturated heterocycles. The van der Waals surface area contributed by atoms with Gasteiger partial charge in [0.25, 0.3) is 0 Å². The minimum Gasteiger partial charge on any atom is -0.478 e. The lowest BCUT2D eigenvalue weighted by molar-refractivity contribution is 0.0687. The highest BCUT2D eigenvalue weighted by atomic mass is 35.5. The normalized spacial score (nSPS) is 10.8. The summed E-state index contributed by atoms with van der Waals surface area (Å²) in [5.74, 6) is -2.12. The molecule has 3 rings (SSSR count). The van der Waals surface area contributed by atoms with Crippen molar-refractivity contribution in [3.8, 4) is 0 Å². The van der Waals surface area contributed by atoms with Gasteiger partial charge >= 0.3 is 11.9 Å². The number of fused-ring (bicyclic) bond motifs is 1. The van der Waals surface area contributed by atoms with E-state index in [4.69, 9.17) is 16.7 Å². The summed E-state index contributed by atoms with van der Waals surface area (Å²) in [5, 5.41) is 18.4. The molecule has 2 N–H and O–H groups in total. The van der Waals surface area contributed by atoms with Crippen molar-refractivity contribution in [1.29, 1.82) is 0 Å². The Morgan fingerprint density at radius 1 is 1.04 bits per heavy atom. The summed E-state index contributed by atoms with van der Waals surface area (Å²) in [5.41, 5.74) is 1.99. The fourth-order valence-electron chi connectivity index (χ4n) is 2.41. The number of hydrogen-bond donors (Lipinski definition) is 2. The molecule has 6 nitrogen and oxygen atoms in total. The Kier molecular flexibility index (Phi) is 3.75. The summed E-state index contributed by atoms with van der Waals surface area (Å²) in [7, 11) is 0. The van der Waals surface area contributed by atoms with Crippen LogP contribution in [-0.4, -0.2) is 31.7 Å². The van der Waals surface area contributed by atoms with E-state index in [0.29, 0.717) is 17.6 Å². The summed E-state index contributed by atoms with van der Waals surface area (Å²) in [6.07, 6.45) is 1.54. The van der Waals surface area contributed by atoms with Gasteiger partial charge in [0.05, 0.1) is 27.9 Å². The van der Waals surface area contributed by atoms with Crippen LogP contribution in [0.3, 0.4) is 0 Å². The summed E-state index contributed by atoms with van der Waals surface area (Å²) >= 11 is 6.00. The zero-order chi connectivity index (χ0) is 16.6. The van der Waals surface area contributed by atoms with Gasteiger partial charge in [-0.15, -0.1) is 0 Å². The number of benzene rings is 2. The van der Waals surface area contributed by atoms with E-state index >= 15 is 0 Å². The first kappa shape index (κ1) is 15.1. The van der Waals surface area contributed by atoms with Gasteiger partial charge in [-0.1, -0.05) is 23.7 Å². The van der Waals surface area contributed by atoms with E-state index < -0.39 is 11.9 Å². The molecule has 1 aromatic heterocycles. The minimum atomic E-state index is -1.12. The largest absolute Gasteiger partial charge is 0.478 e. The number of aromatic nitrogens is 2. The van der Waals surface area contributed by atoms with Crippen molar-refractivity contribution in [3.05, 3.63) is 64.4 Å². The maximum Gasteiger partial charge on any atom is 0.339 e. The molecule has 0 fully saturated rings. The molecule has 7 heteroatoms. The van der Waals surface area contributed by atoms with Crippen molar-refractivity contribution < 1.29 is 19.8 Å². The SMILES string of the molecule is O=C(O)c1ccc(Cn2cnc3ccc(Cl)c(C(=O)O)c32)cc1. The van der Waals surface area contributed by atoms with E-state index in [1.165, 1.54) is 18.2 Å². The van der Waals surface area contributed by atoms with Crippen LogP contribution in [0.4, 0.5) is 0 Å². The molecular weight excluding hydrogens is 320 g/mol. The van der Waals surface area contributed by atoms with Crippen LogP contribution in [0.25, 0.3) is 11.0 Å². The van der Waals surface area contributed by atoms with Gasteiger partial charge < -0.3 is 14.8 Å². The third kappa shape index (κ3) is 2.76. The highest BCUT2D eigenvalue weighted by Crippen LogP contribution is 2.26. The second kappa shape index (κ2) is 5.73. The second-order valence-corrected chi connectivity index (χ2v) is 5.38. The lowest BCUT2D eigenvalue weighted by Gasteiger charge is -2.08. The molecule has 23 heavy (non-hydrogen) atoms. The number of aromatic carboxylic acids is 2. The number of imidazole rings is 1. The number of hydrogen-bond acceptors (Lipinski definition) is 3. The predicted octanol–water partition coefficient (Wildman–Crippen LogP) is 3.13. The molecule has 0 unspecified atom stereocenters. The van der Waals surface area contributed by atoms with Gasteiger partial charge in [0.2, 0.25) is 0 Å². The first-order valence-corrected chi connectivity index (χ1v) is 7.04. The maximum atomic E-state index is 11.5. The standard InChI is InChI=1S/C16H11ClN2O4/c17-11-5-6-12-14(13(11)16(22)23)19(8-18-12)7-9-1-3-10(4-2-9)15(20)21/h1-6,8H,7H2,(H,20,21)(H,22,23). The Hall–Kier alpha value is -2.86. The molecule has 116 valence electrons. The molecule has 0 spiro atoms. The average molecular weight is 331 g/mol. The van der Waals surface area contributed by atoms with E-state index in [1.807, 2.05) is 0 Å². The molecule has 0 amide bonds. The molecule has 0 atom stereocenters. The zero-order valence-corrected chi connectivity index (χ0v) is 12.5. The Labute approximate surface area is 135 Å². The molecule has 1 heterocycles. The van der Waals surface area contributed by atoms with Crippen LogP contribution in [0, 0.1) is 0 Å². The monoisotopic (exact) mass is 330 g/mol. The fraction of sp³-hybridized carbons (Fsp3) is 0.0625. The van der Waals surface area contributed by atoms with Gasteiger partial charge in [-0.3, -0.25) is 0 Å². The number of rotatable bonds is 4. The lowest BCUT2D eigenvalue weighted by Crippen LogP contribution is -2.05. The van der Waals surface area contributed by atoms with Crippen molar-refractivity contribution >= 4 is 34.6 Å². The number of carbonyl (C=O) groups is 2. The zero-order valence-electron chi connectivity index (χ0n) is 11.7. The van der Waals surface area contributed by atoms with Crippen LogP contribution in [0.1, 0.15) is 26.3 Å². The van der Waals surface area contributed by atoms with Gasteiger partial charge in [0.15, 0.2) is 0 Å². The summed E-state index contributed by atoms with van der Waals surface area (Å²) in [6.45, 7) is 0.358. The summed E-state index contributed by atoms with van der Waals surface area (Å²) in [6, 6.07) is 9.53. The lowest BCUT2D eigenvalue weighted by atomic mass is 10.1. The molecular formula is C16H11ClN2O4. The van der Waals surface area contributed by atoms with Crippen LogP contribution < -0.4 is 0 Å². The Morgan fingerprint density at radius 3 is 2.35 bits per heavy atom. The van der Waals surface area contributed by atoms with E-state index in [1.54, 1.807) is 29.1 Å². The van der Waals surface area contributed by atoms with Crippen LogP contribution in [0.2, 0.25) is 5.02 Å². The third-order valence-electron chi connectivity index (χ3n) is 3.50. The Morgan fingerprint density at radius 2 is 1.74 bits per heavy atom. The quantitative estimate of drug-likeness (QED) is 0.766. The molecule has 2 aromatic carbocycles. The number of nitrogens with zero attached hydrogens (tertiary/aromatic N) is 2. The second-order valence-electron chi connectivity index (χ2n) is 4.97. The molecule has 0 aliphatic heterocycles. The first-order chi connectivity index (χ1) is 11.0. The van der Waals surface area contributed by atoms with Crippen molar-refractivity contribution in [2.75, 3.05) is 0 Å². The average Bonchev–Trinajstić information content (AvgIpc) is 2.90. The highest BCUT2D eigenvalue weighted by molar-refractivity contribution is 6.35. The summed E-state index contributed by atoms with van der Waals surface area (Å²) in [4.78, 5) is 26.5. The molecule has 0 radical (unpaired) electrons. The van der Waals surface area contributed by atoms with Gasteiger partial charge in [-0.25, -0.2) is 14.6 Å². The molecule has 0 bridgehead atoms. The van der Waals surface area contributed by atoms with Crippen LogP contribution in [-0.2, 0) is 6.54 Å². The Balaban J connectivity index is 2.05. The topological polar surface area (TPSA) is 92.4 Å². The van der Waals surface area contributed by atoms with Gasteiger partial charge in [0.1, 0.15) is 5.56 Å². The molecule has 3 aromatic rings. The minimum absolute atomic E-state index is 0.00354. The smallest absolute Gasteiger partial charge is 0.339 e. The van der Waals surface area contributed by atoms with E-state index in [9.17, 15) is 14.7 Å². The third-order valence-corrected chi connectivity index (χ3v) is 3.81. The molecule has 0 saturated carbocycles. The fourth-order valence-corrected chi connectivity index (χ4v) is 2.65. The van der Waals surface area contributed by atoms with E-state index in [0.717, 1.165) is 5.56 Å². The van der Waals surface area contributed by atoms with Crippen LogP contribution in [0.15, 0.2) is 42.7 Å². The van der Waals surface area contributed by atoms with Gasteiger partial charge in [-0.2, -0.15) is 0 Å². The Bertz CT molecular complexity index is 916. The number of carboxylic acid groups (broad SMARTS) is 2. The van der Waals surface area contributed by atoms with Crippen molar-refractivity contribution in [3.63, 3.8) is 0 Å². The maximum absolute atomic E-state index is 11.5. The first-order valence-electron chi connectivity index (χ1n) is 6.66. The van der Waals surface area contributed by atoms with Crippen molar-refractivity contribution in [2.45, 2.75) is 6.54 Å². The van der Waals surface area contributed by atoms with Crippen LogP contribution in [0.5, 0.6) is 0 Å². The number of carboxylic acids is 2. The summed E-state index contributed by atoms with van der Waals surface area (Å²) < 4.78 is 1.68. The van der Waals surface area contributed by atoms with Gasteiger partial charge in [0, 0.05) is 6.54 Å². The molecule has 0 aliphatic carbocycles. The van der Waals surface area contributed by atoms with Crippen molar-refractivity contribution in [1.82, 2.24) is 9.55 Å². The van der Waals surface area contributed by atoms with Crippen molar-refractivity contribution in [2.24, 2.45) is 0 Å². The highest BCUT2D eigenvalue weighted by Gasteiger charge is 2.17. The van der Waals surface area contributed by atoms with E-state index in [-0.39, 0.29) is 16.1 Å². The van der Waals surface area contributed by atoms with Gasteiger partial charge in [-0.05, 0) is 29.8 Å². The predicted molar refractivity (Wildman–Crippen MR) is 84.2 cm³/mol. The van der Waals surface area contributed by atoms with E-state index in [2.05, 4.69) is 4.98 Å². The van der Waals surface area contributed by atoms with Crippen LogP contribution >= 0.6 is 11.6 Å².